The highest BCUT2D eigenvalue weighted by atomic mass is 16.6. The molecule has 3 unspecified atom stereocenters. The highest BCUT2D eigenvalue weighted by Gasteiger charge is 2.33. The third kappa shape index (κ3) is 5.54. The first kappa shape index (κ1) is 23.9. The van der Waals surface area contributed by atoms with Gasteiger partial charge in [0.25, 0.3) is 0 Å². The maximum atomic E-state index is 13.4. The number of carbonyl (C=O) groups is 1. The molecule has 5 rings (SSSR count). The van der Waals surface area contributed by atoms with Crippen LogP contribution in [0.4, 0.5) is 5.69 Å². The lowest BCUT2D eigenvalue weighted by molar-refractivity contribution is -0.126. The average Bonchev–Trinajstić information content (AvgIpc) is 3.55. The van der Waals surface area contributed by atoms with Gasteiger partial charge in [-0.3, -0.25) is 9.78 Å². The van der Waals surface area contributed by atoms with Crippen LogP contribution in [0.25, 0.3) is 0 Å². The van der Waals surface area contributed by atoms with Crippen molar-refractivity contribution in [3.63, 3.8) is 0 Å². The fourth-order valence-corrected chi connectivity index (χ4v) is 5.45. The zero-order valence-electron chi connectivity index (χ0n) is 20.7. The maximum absolute atomic E-state index is 13.4. The number of pyridine rings is 1. The first-order chi connectivity index (χ1) is 17.0. The number of amides is 1. The molecule has 2 aromatic rings. The minimum Gasteiger partial charge on any atom is -0.486 e. The van der Waals surface area contributed by atoms with Crippen molar-refractivity contribution in [2.75, 3.05) is 50.8 Å². The molecule has 0 spiro atoms. The number of aliphatic hydroxyl groups is 1. The van der Waals surface area contributed by atoms with Crippen LogP contribution in [0.2, 0.25) is 0 Å². The number of aromatic nitrogens is 1. The van der Waals surface area contributed by atoms with Gasteiger partial charge in [0.15, 0.2) is 11.5 Å². The van der Waals surface area contributed by atoms with E-state index in [1.165, 1.54) is 0 Å². The number of rotatable bonds is 7. The Bertz CT molecular complexity index is 1040. The van der Waals surface area contributed by atoms with E-state index in [0.29, 0.717) is 37.8 Å². The van der Waals surface area contributed by atoms with E-state index in [0.717, 1.165) is 61.5 Å². The number of aliphatic hydroxyl groups excluding tert-OH is 1. The van der Waals surface area contributed by atoms with Crippen molar-refractivity contribution < 1.29 is 19.4 Å². The van der Waals surface area contributed by atoms with E-state index in [-0.39, 0.29) is 11.8 Å². The van der Waals surface area contributed by atoms with Crippen molar-refractivity contribution in [3.05, 3.63) is 47.3 Å². The van der Waals surface area contributed by atoms with Crippen LogP contribution in [0, 0.1) is 19.8 Å². The molecule has 3 aliphatic rings. The zero-order chi connectivity index (χ0) is 24.4. The van der Waals surface area contributed by atoms with Gasteiger partial charge in [0.05, 0.1) is 12.0 Å². The monoisotopic (exact) mass is 480 g/mol. The van der Waals surface area contributed by atoms with Crippen molar-refractivity contribution in [2.24, 2.45) is 5.92 Å². The van der Waals surface area contributed by atoms with Gasteiger partial charge in [0.1, 0.15) is 19.3 Å². The minimum atomic E-state index is -0.835. The van der Waals surface area contributed by atoms with Gasteiger partial charge in [0.2, 0.25) is 5.91 Å². The van der Waals surface area contributed by atoms with Crippen molar-refractivity contribution in [2.45, 2.75) is 45.3 Å². The summed E-state index contributed by atoms with van der Waals surface area (Å²) in [5, 5.41) is 14.6. The van der Waals surface area contributed by atoms with Gasteiger partial charge >= 0.3 is 0 Å². The molecule has 1 aromatic carbocycles. The summed E-state index contributed by atoms with van der Waals surface area (Å²) in [5.74, 6) is 1.24. The Morgan fingerprint density at radius 1 is 1.09 bits per heavy atom. The number of benzene rings is 1. The first-order valence-electron chi connectivity index (χ1n) is 12.8. The average molecular weight is 481 g/mol. The van der Waals surface area contributed by atoms with Gasteiger partial charge in [-0.25, -0.2) is 0 Å². The molecule has 1 amide bonds. The van der Waals surface area contributed by atoms with Crippen LogP contribution in [0.5, 0.6) is 11.5 Å². The molecular formula is C27H36N4O4. The first-order valence-corrected chi connectivity index (χ1v) is 12.8. The Morgan fingerprint density at radius 2 is 1.80 bits per heavy atom. The number of anilines is 1. The number of nitrogens with one attached hydrogen (secondary N) is 1. The van der Waals surface area contributed by atoms with E-state index >= 15 is 0 Å². The summed E-state index contributed by atoms with van der Waals surface area (Å²) in [4.78, 5) is 22.4. The molecule has 4 heterocycles. The van der Waals surface area contributed by atoms with Crippen LogP contribution in [0.15, 0.2) is 30.3 Å². The molecule has 0 bridgehead atoms. The van der Waals surface area contributed by atoms with Crippen LogP contribution < -0.4 is 19.7 Å². The summed E-state index contributed by atoms with van der Waals surface area (Å²) in [6.45, 7) is 9.15. The molecule has 2 fully saturated rings. The number of fused-ring (bicyclic) bond motifs is 1. The maximum Gasteiger partial charge on any atom is 0.225 e. The summed E-state index contributed by atoms with van der Waals surface area (Å²) >= 11 is 0. The summed E-state index contributed by atoms with van der Waals surface area (Å²) in [5.41, 5.74) is 3.83. The van der Waals surface area contributed by atoms with E-state index in [1.807, 2.05) is 32.0 Å². The molecular weight excluding hydrogens is 444 g/mol. The summed E-state index contributed by atoms with van der Waals surface area (Å²) in [6, 6.07) is 9.31. The van der Waals surface area contributed by atoms with Gasteiger partial charge < -0.3 is 29.7 Å². The Kier molecular flexibility index (Phi) is 7.11. The van der Waals surface area contributed by atoms with E-state index in [4.69, 9.17) is 9.47 Å². The van der Waals surface area contributed by atoms with Crippen LogP contribution in [-0.2, 0) is 4.79 Å². The molecule has 0 saturated carbocycles. The number of carbonyl (C=O) groups excluding carboxylic acids is 1. The molecule has 188 valence electrons. The minimum absolute atomic E-state index is 0.00999. The van der Waals surface area contributed by atoms with E-state index in [9.17, 15) is 9.90 Å². The third-order valence-electron chi connectivity index (χ3n) is 7.26. The van der Waals surface area contributed by atoms with Crippen LogP contribution >= 0.6 is 0 Å². The Morgan fingerprint density at radius 3 is 2.54 bits per heavy atom. The SMILES string of the molecule is Cc1cc(N2CCC(C(=O)NC(CN3CCCC3)C(O)c3ccc4c(c3)OCCO4)C2)cc(C)n1. The topological polar surface area (TPSA) is 87.2 Å². The Hall–Kier alpha value is -2.84. The van der Waals surface area contributed by atoms with Gasteiger partial charge in [-0.15, -0.1) is 0 Å². The normalized spacial score (nSPS) is 21.7. The lowest BCUT2D eigenvalue weighted by atomic mass is 9.99. The molecule has 3 aliphatic heterocycles. The van der Waals surface area contributed by atoms with Gasteiger partial charge in [-0.05, 0) is 76.0 Å². The van der Waals surface area contributed by atoms with Crippen LogP contribution in [0.3, 0.4) is 0 Å². The fraction of sp³-hybridized carbons (Fsp3) is 0.556. The predicted octanol–water partition coefficient (Wildman–Crippen LogP) is 2.61. The number of nitrogens with zero attached hydrogens (tertiary/aromatic N) is 3. The number of likely N-dealkylation sites (tertiary alicyclic amines) is 1. The standard InChI is InChI=1S/C27H36N4O4/c1-18-13-22(14-19(2)28-18)31-10-7-21(16-31)27(33)29-23(17-30-8-3-4-9-30)26(32)20-5-6-24-25(15-20)35-12-11-34-24/h5-6,13-15,21,23,26,32H,3-4,7-12,16-17H2,1-2H3,(H,29,33). The van der Waals surface area contributed by atoms with Crippen LogP contribution in [-0.4, -0.2) is 72.9 Å². The molecule has 0 radical (unpaired) electrons. The highest BCUT2D eigenvalue weighted by Crippen LogP contribution is 2.34. The lowest BCUT2D eigenvalue weighted by Gasteiger charge is -2.30. The molecule has 35 heavy (non-hydrogen) atoms. The predicted molar refractivity (Wildman–Crippen MR) is 134 cm³/mol. The number of hydrogen-bond acceptors (Lipinski definition) is 7. The second-order valence-electron chi connectivity index (χ2n) is 10.0. The summed E-state index contributed by atoms with van der Waals surface area (Å²) in [7, 11) is 0. The molecule has 2 saturated heterocycles. The second-order valence-corrected chi connectivity index (χ2v) is 10.0. The molecule has 8 nitrogen and oxygen atoms in total. The fourth-order valence-electron chi connectivity index (χ4n) is 5.45. The van der Waals surface area contributed by atoms with E-state index in [2.05, 4.69) is 32.2 Å². The van der Waals surface area contributed by atoms with E-state index < -0.39 is 12.1 Å². The molecule has 0 aliphatic carbocycles. The van der Waals surface area contributed by atoms with Gasteiger partial charge in [0, 0.05) is 36.7 Å². The Balaban J connectivity index is 1.28. The zero-order valence-corrected chi connectivity index (χ0v) is 20.7. The summed E-state index contributed by atoms with van der Waals surface area (Å²) in [6.07, 6.45) is 2.27. The molecule has 1 aromatic heterocycles. The molecule has 8 heteroatoms. The van der Waals surface area contributed by atoms with Gasteiger partial charge in [-0.1, -0.05) is 6.07 Å². The van der Waals surface area contributed by atoms with Gasteiger partial charge in [-0.2, -0.15) is 0 Å². The van der Waals surface area contributed by atoms with E-state index in [1.54, 1.807) is 0 Å². The lowest BCUT2D eigenvalue weighted by Crippen LogP contribution is -2.48. The quantitative estimate of drug-likeness (QED) is 0.630. The smallest absolute Gasteiger partial charge is 0.225 e. The number of hydrogen-bond donors (Lipinski definition) is 2. The van der Waals surface area contributed by atoms with Crippen molar-refractivity contribution in [1.82, 2.24) is 15.2 Å². The third-order valence-corrected chi connectivity index (χ3v) is 7.26. The van der Waals surface area contributed by atoms with Crippen LogP contribution in [0.1, 0.15) is 42.3 Å². The number of aryl methyl sites for hydroxylation is 2. The Labute approximate surface area is 207 Å². The van der Waals surface area contributed by atoms with Crippen molar-refractivity contribution >= 4 is 11.6 Å². The summed E-state index contributed by atoms with van der Waals surface area (Å²) < 4.78 is 11.3. The second kappa shape index (κ2) is 10.4. The molecule has 2 N–H and O–H groups in total. The molecule has 3 atom stereocenters. The van der Waals surface area contributed by atoms with Crippen molar-refractivity contribution in [3.8, 4) is 11.5 Å². The number of ether oxygens (including phenoxy) is 2. The largest absolute Gasteiger partial charge is 0.486 e. The van der Waals surface area contributed by atoms with Crippen molar-refractivity contribution in [1.29, 1.82) is 0 Å². The highest BCUT2D eigenvalue weighted by molar-refractivity contribution is 5.80.